The molecule has 1 aromatic heterocycles. The Kier molecular flexibility index (Phi) is 5.71. The molecule has 0 spiro atoms. The first-order valence-corrected chi connectivity index (χ1v) is 9.14. The number of hydrogen-bond acceptors (Lipinski definition) is 5. The predicted octanol–water partition coefficient (Wildman–Crippen LogP) is 4.46. The molecule has 1 atom stereocenters. The molecule has 0 aliphatic rings. The molecule has 0 bridgehead atoms. The average Bonchev–Trinajstić information content (AvgIpc) is 3.18. The number of hydrogen-bond donors (Lipinski definition) is 1. The molecule has 5 nitrogen and oxygen atoms in total. The van der Waals surface area contributed by atoms with Crippen LogP contribution in [0.25, 0.3) is 10.6 Å². The number of ether oxygens (including phenoxy) is 2. The number of nitrogens with zero attached hydrogens (tertiary/aromatic N) is 1. The van der Waals surface area contributed by atoms with Gasteiger partial charge in [-0.2, -0.15) is 0 Å². The summed E-state index contributed by atoms with van der Waals surface area (Å²) in [6.45, 7) is 1.86. The van der Waals surface area contributed by atoms with Crippen molar-refractivity contribution in [3.63, 3.8) is 0 Å². The monoisotopic (exact) mass is 386 g/mol. The zero-order valence-electron chi connectivity index (χ0n) is 15.2. The fourth-order valence-corrected chi connectivity index (χ4v) is 3.44. The lowest BCUT2D eigenvalue weighted by Crippen LogP contribution is -2.27. The van der Waals surface area contributed by atoms with E-state index >= 15 is 0 Å². The molecule has 1 amide bonds. The lowest BCUT2D eigenvalue weighted by atomic mass is 10.1. The molecule has 3 aromatic rings. The van der Waals surface area contributed by atoms with Gasteiger partial charge in [0.15, 0.2) is 0 Å². The summed E-state index contributed by atoms with van der Waals surface area (Å²) in [7, 11) is 3.16. The van der Waals surface area contributed by atoms with E-state index in [0.717, 1.165) is 11.1 Å². The van der Waals surface area contributed by atoms with E-state index < -0.39 is 0 Å². The van der Waals surface area contributed by atoms with Crippen molar-refractivity contribution in [2.45, 2.75) is 13.0 Å². The second-order valence-corrected chi connectivity index (χ2v) is 6.71. The second kappa shape index (κ2) is 8.18. The molecule has 0 fully saturated rings. The van der Waals surface area contributed by atoms with Crippen molar-refractivity contribution in [2.75, 3.05) is 14.2 Å². The van der Waals surface area contributed by atoms with Crippen LogP contribution in [-0.4, -0.2) is 25.1 Å². The molecule has 140 valence electrons. The van der Waals surface area contributed by atoms with Crippen LogP contribution < -0.4 is 14.8 Å². The molecule has 1 unspecified atom stereocenters. The molecule has 0 saturated heterocycles. The average molecular weight is 386 g/mol. The summed E-state index contributed by atoms with van der Waals surface area (Å²) < 4.78 is 23.7. The number of carbonyl (C=O) groups is 1. The van der Waals surface area contributed by atoms with Crippen LogP contribution >= 0.6 is 11.3 Å². The van der Waals surface area contributed by atoms with Crippen LogP contribution in [0, 0.1) is 5.82 Å². The first kappa shape index (κ1) is 18.8. The Balaban J connectivity index is 1.77. The number of carbonyl (C=O) groups excluding carboxylic acids is 1. The van der Waals surface area contributed by atoms with E-state index in [1.807, 2.05) is 13.0 Å². The first-order chi connectivity index (χ1) is 13.0. The zero-order chi connectivity index (χ0) is 19.4. The number of rotatable bonds is 6. The van der Waals surface area contributed by atoms with Crippen LogP contribution in [0.3, 0.4) is 0 Å². The van der Waals surface area contributed by atoms with Gasteiger partial charge in [-0.25, -0.2) is 9.37 Å². The van der Waals surface area contributed by atoms with Crippen molar-refractivity contribution in [3.05, 3.63) is 64.9 Å². The van der Waals surface area contributed by atoms with Gasteiger partial charge in [0.1, 0.15) is 28.0 Å². The quantitative estimate of drug-likeness (QED) is 0.680. The molecule has 27 heavy (non-hydrogen) atoms. The van der Waals surface area contributed by atoms with E-state index in [0.29, 0.717) is 22.2 Å². The Hall–Kier alpha value is -2.93. The minimum Gasteiger partial charge on any atom is -0.497 e. The largest absolute Gasteiger partial charge is 0.497 e. The van der Waals surface area contributed by atoms with Crippen molar-refractivity contribution >= 4 is 17.2 Å². The maximum absolute atomic E-state index is 13.1. The van der Waals surface area contributed by atoms with Gasteiger partial charge < -0.3 is 14.8 Å². The highest BCUT2D eigenvalue weighted by Gasteiger charge is 2.18. The van der Waals surface area contributed by atoms with E-state index in [1.165, 1.54) is 23.5 Å². The third-order valence-electron chi connectivity index (χ3n) is 4.08. The smallest absolute Gasteiger partial charge is 0.271 e. The maximum Gasteiger partial charge on any atom is 0.271 e. The van der Waals surface area contributed by atoms with Crippen LogP contribution in [0.1, 0.15) is 29.0 Å². The SMILES string of the molecule is COc1ccc(OC)c(C(C)NC(=O)c2csc(-c3ccc(F)cc3)n2)c1. The Bertz CT molecular complexity index is 941. The molecule has 2 aromatic carbocycles. The first-order valence-electron chi connectivity index (χ1n) is 8.26. The Morgan fingerprint density at radius 2 is 1.89 bits per heavy atom. The lowest BCUT2D eigenvalue weighted by Gasteiger charge is -2.17. The number of thiazole rings is 1. The van der Waals surface area contributed by atoms with E-state index in [9.17, 15) is 9.18 Å². The number of methoxy groups -OCH3 is 2. The van der Waals surface area contributed by atoms with E-state index in [4.69, 9.17) is 9.47 Å². The van der Waals surface area contributed by atoms with Crippen molar-refractivity contribution in [1.82, 2.24) is 10.3 Å². The minimum atomic E-state index is -0.311. The summed E-state index contributed by atoms with van der Waals surface area (Å²) in [6, 6.07) is 11.1. The third kappa shape index (κ3) is 4.25. The number of aromatic nitrogens is 1. The van der Waals surface area contributed by atoms with Crippen molar-refractivity contribution < 1.29 is 18.7 Å². The number of halogens is 1. The molecular weight excluding hydrogens is 367 g/mol. The van der Waals surface area contributed by atoms with Gasteiger partial charge in [0.2, 0.25) is 0 Å². The maximum atomic E-state index is 13.1. The normalized spacial score (nSPS) is 11.7. The fraction of sp³-hybridized carbons (Fsp3) is 0.200. The number of amides is 1. The van der Waals surface area contributed by atoms with Crippen LogP contribution in [0.2, 0.25) is 0 Å². The summed E-state index contributed by atoms with van der Waals surface area (Å²) in [6.07, 6.45) is 0. The number of benzene rings is 2. The highest BCUT2D eigenvalue weighted by atomic mass is 32.1. The Morgan fingerprint density at radius 3 is 2.56 bits per heavy atom. The van der Waals surface area contributed by atoms with E-state index in [-0.39, 0.29) is 17.8 Å². The van der Waals surface area contributed by atoms with Gasteiger partial charge in [-0.1, -0.05) is 0 Å². The van der Waals surface area contributed by atoms with E-state index in [2.05, 4.69) is 10.3 Å². The summed E-state index contributed by atoms with van der Waals surface area (Å²) in [5.41, 5.74) is 1.88. The minimum absolute atomic E-state index is 0.294. The number of nitrogens with one attached hydrogen (secondary N) is 1. The van der Waals surface area contributed by atoms with Crippen molar-refractivity contribution in [1.29, 1.82) is 0 Å². The Morgan fingerprint density at radius 1 is 1.15 bits per heavy atom. The topological polar surface area (TPSA) is 60.5 Å². The van der Waals surface area contributed by atoms with Crippen molar-refractivity contribution in [2.24, 2.45) is 0 Å². The van der Waals surface area contributed by atoms with Gasteiger partial charge >= 0.3 is 0 Å². The third-order valence-corrected chi connectivity index (χ3v) is 4.97. The zero-order valence-corrected chi connectivity index (χ0v) is 16.0. The summed E-state index contributed by atoms with van der Waals surface area (Å²) in [4.78, 5) is 16.9. The van der Waals surface area contributed by atoms with Gasteiger partial charge in [0.25, 0.3) is 5.91 Å². The molecule has 0 aliphatic carbocycles. The van der Waals surface area contributed by atoms with Crippen LogP contribution in [0.4, 0.5) is 4.39 Å². The van der Waals surface area contributed by atoms with Crippen molar-refractivity contribution in [3.8, 4) is 22.1 Å². The van der Waals surface area contributed by atoms with Gasteiger partial charge in [0, 0.05) is 16.5 Å². The molecule has 0 radical (unpaired) electrons. The summed E-state index contributed by atoms with van der Waals surface area (Å²) in [5.74, 6) is 0.736. The molecule has 0 saturated carbocycles. The van der Waals surface area contributed by atoms with Gasteiger partial charge in [-0.05, 0) is 49.4 Å². The fourth-order valence-electron chi connectivity index (χ4n) is 2.63. The summed E-state index contributed by atoms with van der Waals surface area (Å²) >= 11 is 1.33. The molecule has 3 rings (SSSR count). The van der Waals surface area contributed by atoms with Gasteiger partial charge in [0.05, 0.1) is 20.3 Å². The lowest BCUT2D eigenvalue weighted by molar-refractivity contribution is 0.0935. The van der Waals surface area contributed by atoms with Gasteiger partial charge in [-0.15, -0.1) is 11.3 Å². The van der Waals surface area contributed by atoms with Gasteiger partial charge in [-0.3, -0.25) is 4.79 Å². The molecule has 0 aliphatic heterocycles. The molecule has 7 heteroatoms. The highest BCUT2D eigenvalue weighted by molar-refractivity contribution is 7.13. The molecule has 1 N–H and O–H groups in total. The highest BCUT2D eigenvalue weighted by Crippen LogP contribution is 2.30. The molecular formula is C20H19FN2O3S. The van der Waals surface area contributed by atoms with Crippen LogP contribution in [-0.2, 0) is 0 Å². The standard InChI is InChI=1S/C20H19FN2O3S/c1-12(16-10-15(25-2)8-9-18(16)26-3)22-19(24)17-11-27-20(23-17)13-4-6-14(21)7-5-13/h4-12H,1-3H3,(H,22,24). The predicted molar refractivity (Wildman–Crippen MR) is 103 cm³/mol. The van der Waals surface area contributed by atoms with E-state index in [1.54, 1.807) is 43.9 Å². The Labute approximate surface area is 160 Å². The summed E-state index contributed by atoms with van der Waals surface area (Å²) in [5, 5.41) is 5.27. The van der Waals surface area contributed by atoms with Crippen LogP contribution in [0.5, 0.6) is 11.5 Å². The second-order valence-electron chi connectivity index (χ2n) is 5.85. The molecule has 1 heterocycles. The van der Waals surface area contributed by atoms with Crippen LogP contribution in [0.15, 0.2) is 47.8 Å².